The molecule has 0 unspecified atom stereocenters. The second kappa shape index (κ2) is 5.28. The summed E-state index contributed by atoms with van der Waals surface area (Å²) in [6.45, 7) is 1.46. The molecule has 0 aliphatic carbocycles. The number of likely N-dealkylation sites (tertiary alicyclic amines) is 1. The largest absolute Gasteiger partial charge is 0.339 e. The van der Waals surface area contributed by atoms with Gasteiger partial charge in [-0.3, -0.25) is 9.63 Å². The number of hydrogen-bond acceptors (Lipinski definition) is 4. The summed E-state index contributed by atoms with van der Waals surface area (Å²) in [4.78, 5) is 18.5. The Balaban J connectivity index is 2.31. The van der Waals surface area contributed by atoms with Crippen LogP contribution in [0.5, 0.6) is 0 Å². The third-order valence-electron chi connectivity index (χ3n) is 3.12. The fourth-order valence-corrected chi connectivity index (χ4v) is 2.76. The van der Waals surface area contributed by atoms with E-state index in [1.165, 1.54) is 26.3 Å². The Labute approximate surface area is 112 Å². The molecule has 104 valence electrons. The molecule has 19 heavy (non-hydrogen) atoms. The van der Waals surface area contributed by atoms with Gasteiger partial charge in [-0.15, -0.1) is 0 Å². The van der Waals surface area contributed by atoms with Crippen LogP contribution in [0.3, 0.4) is 0 Å². The molecule has 0 bridgehead atoms. The SMILES string of the molecule is CON(C)S(=O)(=O)c1cccc(C(=O)N2CCC2)c1. The van der Waals surface area contributed by atoms with E-state index in [1.807, 2.05) is 0 Å². The molecular formula is C12H16N2O4S. The van der Waals surface area contributed by atoms with Crippen LogP contribution in [0.4, 0.5) is 0 Å². The van der Waals surface area contributed by atoms with E-state index in [0.717, 1.165) is 24.0 Å². The van der Waals surface area contributed by atoms with Gasteiger partial charge in [0.15, 0.2) is 0 Å². The summed E-state index contributed by atoms with van der Waals surface area (Å²) in [6, 6.07) is 6.00. The smallest absolute Gasteiger partial charge is 0.264 e. The lowest BCUT2D eigenvalue weighted by atomic mass is 10.1. The van der Waals surface area contributed by atoms with E-state index in [0.29, 0.717) is 5.56 Å². The van der Waals surface area contributed by atoms with Crippen LogP contribution in [0.25, 0.3) is 0 Å². The first-order valence-corrected chi connectivity index (χ1v) is 7.33. The summed E-state index contributed by atoms with van der Waals surface area (Å²) in [6.07, 6.45) is 0.996. The van der Waals surface area contributed by atoms with Crippen LogP contribution in [0.15, 0.2) is 29.2 Å². The number of nitrogens with zero attached hydrogens (tertiary/aromatic N) is 2. The molecule has 7 heteroatoms. The number of carbonyl (C=O) groups excluding carboxylic acids is 1. The van der Waals surface area contributed by atoms with Gasteiger partial charge < -0.3 is 4.90 Å². The predicted octanol–water partition coefficient (Wildman–Crippen LogP) is 0.714. The van der Waals surface area contributed by atoms with Gasteiger partial charge in [0.1, 0.15) is 0 Å². The molecule has 2 rings (SSSR count). The van der Waals surface area contributed by atoms with E-state index in [-0.39, 0.29) is 10.8 Å². The Morgan fingerprint density at radius 1 is 1.37 bits per heavy atom. The van der Waals surface area contributed by atoms with Gasteiger partial charge in [-0.2, -0.15) is 0 Å². The molecule has 1 aliphatic rings. The van der Waals surface area contributed by atoms with E-state index >= 15 is 0 Å². The summed E-state index contributed by atoms with van der Waals surface area (Å²) in [5.74, 6) is -0.136. The monoisotopic (exact) mass is 284 g/mol. The van der Waals surface area contributed by atoms with Crippen molar-refractivity contribution in [2.45, 2.75) is 11.3 Å². The molecule has 1 heterocycles. The van der Waals surface area contributed by atoms with E-state index < -0.39 is 10.0 Å². The van der Waals surface area contributed by atoms with Crippen molar-refractivity contribution in [3.05, 3.63) is 29.8 Å². The second-order valence-electron chi connectivity index (χ2n) is 4.27. The van der Waals surface area contributed by atoms with E-state index in [2.05, 4.69) is 0 Å². The molecule has 0 atom stereocenters. The molecule has 0 saturated carbocycles. The highest BCUT2D eigenvalue weighted by Gasteiger charge is 2.25. The predicted molar refractivity (Wildman–Crippen MR) is 68.9 cm³/mol. The zero-order chi connectivity index (χ0) is 14.0. The van der Waals surface area contributed by atoms with Crippen molar-refractivity contribution in [2.75, 3.05) is 27.2 Å². The van der Waals surface area contributed by atoms with Crippen LogP contribution in [0, 0.1) is 0 Å². The minimum absolute atomic E-state index is 0.0447. The Bertz CT molecular complexity index is 581. The van der Waals surface area contributed by atoms with Gasteiger partial charge in [0.2, 0.25) is 0 Å². The van der Waals surface area contributed by atoms with Gasteiger partial charge in [-0.1, -0.05) is 10.5 Å². The highest BCUT2D eigenvalue weighted by molar-refractivity contribution is 7.89. The number of hydrogen-bond donors (Lipinski definition) is 0. The Morgan fingerprint density at radius 2 is 2.05 bits per heavy atom. The van der Waals surface area contributed by atoms with Crippen LogP contribution in [0.1, 0.15) is 16.8 Å². The summed E-state index contributed by atoms with van der Waals surface area (Å²) in [5, 5.41) is 0. The summed E-state index contributed by atoms with van der Waals surface area (Å²) < 4.78 is 24.9. The average molecular weight is 284 g/mol. The summed E-state index contributed by atoms with van der Waals surface area (Å²) in [7, 11) is -1.14. The number of hydroxylamine groups is 1. The van der Waals surface area contributed by atoms with Gasteiger partial charge in [-0.25, -0.2) is 8.42 Å². The highest BCUT2D eigenvalue weighted by Crippen LogP contribution is 2.18. The van der Waals surface area contributed by atoms with Crippen LogP contribution < -0.4 is 0 Å². The van der Waals surface area contributed by atoms with Crippen LogP contribution in [0.2, 0.25) is 0 Å². The normalized spacial score (nSPS) is 15.4. The number of amides is 1. The van der Waals surface area contributed by atoms with Crippen molar-refractivity contribution in [2.24, 2.45) is 0 Å². The van der Waals surface area contributed by atoms with Crippen LogP contribution >= 0.6 is 0 Å². The standard InChI is InChI=1S/C12H16N2O4S/c1-13(18-2)19(16,17)11-6-3-5-10(9-11)12(15)14-7-4-8-14/h3,5-6,9H,4,7-8H2,1-2H3. The van der Waals surface area contributed by atoms with E-state index in [9.17, 15) is 13.2 Å². The van der Waals surface area contributed by atoms with E-state index in [1.54, 1.807) is 17.0 Å². The average Bonchev–Trinajstić information content (AvgIpc) is 2.35. The van der Waals surface area contributed by atoms with Gasteiger partial charge in [0.05, 0.1) is 12.0 Å². The number of sulfonamides is 1. The van der Waals surface area contributed by atoms with Crippen molar-refractivity contribution >= 4 is 15.9 Å². The quantitative estimate of drug-likeness (QED) is 0.764. The first-order valence-electron chi connectivity index (χ1n) is 5.89. The minimum atomic E-state index is -3.72. The zero-order valence-electron chi connectivity index (χ0n) is 10.9. The Kier molecular flexibility index (Phi) is 3.88. The second-order valence-corrected chi connectivity index (χ2v) is 6.21. The Morgan fingerprint density at radius 3 is 2.58 bits per heavy atom. The molecule has 1 amide bonds. The van der Waals surface area contributed by atoms with Crippen molar-refractivity contribution in [1.29, 1.82) is 0 Å². The topological polar surface area (TPSA) is 66.9 Å². The van der Waals surface area contributed by atoms with Crippen molar-refractivity contribution < 1.29 is 18.0 Å². The fourth-order valence-electron chi connectivity index (χ4n) is 1.74. The first-order chi connectivity index (χ1) is 8.96. The summed E-state index contributed by atoms with van der Waals surface area (Å²) >= 11 is 0. The van der Waals surface area contributed by atoms with E-state index in [4.69, 9.17) is 4.84 Å². The first kappa shape index (κ1) is 14.0. The van der Waals surface area contributed by atoms with Gasteiger partial charge in [0.25, 0.3) is 15.9 Å². The minimum Gasteiger partial charge on any atom is -0.339 e. The third-order valence-corrected chi connectivity index (χ3v) is 4.79. The molecule has 1 aromatic rings. The number of carbonyl (C=O) groups is 1. The lowest BCUT2D eigenvalue weighted by Crippen LogP contribution is -2.42. The maximum Gasteiger partial charge on any atom is 0.264 e. The van der Waals surface area contributed by atoms with Crippen molar-refractivity contribution in [3.63, 3.8) is 0 Å². The molecule has 6 nitrogen and oxygen atoms in total. The van der Waals surface area contributed by atoms with Crippen LogP contribution in [-0.4, -0.2) is 50.9 Å². The molecule has 0 radical (unpaired) electrons. The lowest BCUT2D eigenvalue weighted by molar-refractivity contribution is -0.0258. The molecular weight excluding hydrogens is 268 g/mol. The maximum atomic E-state index is 12.1. The molecule has 1 fully saturated rings. The highest BCUT2D eigenvalue weighted by atomic mass is 32.2. The molecule has 0 aromatic heterocycles. The fraction of sp³-hybridized carbons (Fsp3) is 0.417. The maximum absolute atomic E-state index is 12.1. The molecule has 0 N–H and O–H groups in total. The number of rotatable bonds is 4. The molecule has 1 aliphatic heterocycles. The molecule has 1 aromatic carbocycles. The van der Waals surface area contributed by atoms with Crippen molar-refractivity contribution in [1.82, 2.24) is 9.37 Å². The lowest BCUT2D eigenvalue weighted by Gasteiger charge is -2.31. The van der Waals surface area contributed by atoms with Gasteiger partial charge >= 0.3 is 0 Å². The van der Waals surface area contributed by atoms with Crippen LogP contribution in [-0.2, 0) is 14.9 Å². The van der Waals surface area contributed by atoms with Crippen molar-refractivity contribution in [3.8, 4) is 0 Å². The number of benzene rings is 1. The molecule has 0 spiro atoms. The Hall–Kier alpha value is -1.44. The zero-order valence-corrected chi connectivity index (χ0v) is 11.7. The van der Waals surface area contributed by atoms with Gasteiger partial charge in [-0.05, 0) is 24.6 Å². The molecule has 1 saturated heterocycles. The third kappa shape index (κ3) is 2.63. The van der Waals surface area contributed by atoms with Gasteiger partial charge in [0, 0.05) is 25.7 Å². The summed E-state index contributed by atoms with van der Waals surface area (Å²) in [5.41, 5.74) is 0.380.